The van der Waals surface area contributed by atoms with Crippen molar-refractivity contribution in [2.24, 2.45) is 0 Å². The van der Waals surface area contributed by atoms with E-state index < -0.39 is 0 Å². The summed E-state index contributed by atoms with van der Waals surface area (Å²) in [6.45, 7) is 6.20. The predicted octanol–water partition coefficient (Wildman–Crippen LogP) is -0.228. The van der Waals surface area contributed by atoms with Gasteiger partial charge in [0.1, 0.15) is 6.04 Å². The first-order valence-electron chi connectivity index (χ1n) is 6.55. The highest BCUT2D eigenvalue weighted by Gasteiger charge is 2.26. The zero-order chi connectivity index (χ0) is 13.0. The lowest BCUT2D eigenvalue weighted by Crippen LogP contribution is -2.46. The standard InChI is InChI=1S/C12H21N3O2S/c1-10-12(17)15(3-2-11(16)13-10)5-4-14-6-8-18-9-7-14/h10H,2-9H2,1H3,(H,13,16). The molecule has 1 unspecified atom stereocenters. The molecule has 0 aliphatic carbocycles. The number of carbonyl (C=O) groups is 2. The summed E-state index contributed by atoms with van der Waals surface area (Å²) in [6, 6.07) is -0.378. The number of nitrogens with zero attached hydrogens (tertiary/aromatic N) is 2. The first-order chi connectivity index (χ1) is 8.66. The Morgan fingerprint density at radius 2 is 1.94 bits per heavy atom. The van der Waals surface area contributed by atoms with Gasteiger partial charge in [0, 0.05) is 50.7 Å². The van der Waals surface area contributed by atoms with Gasteiger partial charge in [0.25, 0.3) is 0 Å². The van der Waals surface area contributed by atoms with E-state index in [2.05, 4.69) is 10.2 Å². The molecule has 1 atom stereocenters. The Bertz CT molecular complexity index is 318. The van der Waals surface area contributed by atoms with Crippen LogP contribution in [0.1, 0.15) is 13.3 Å². The van der Waals surface area contributed by atoms with Gasteiger partial charge in [-0.2, -0.15) is 11.8 Å². The summed E-state index contributed by atoms with van der Waals surface area (Å²) in [6.07, 6.45) is 0.423. The van der Waals surface area contributed by atoms with Gasteiger partial charge < -0.3 is 10.2 Å². The second-order valence-corrected chi connectivity index (χ2v) is 6.04. The Kier molecular flexibility index (Phi) is 4.88. The first kappa shape index (κ1) is 13.7. The van der Waals surface area contributed by atoms with Crippen molar-refractivity contribution in [3.8, 4) is 0 Å². The fourth-order valence-electron chi connectivity index (χ4n) is 2.30. The quantitative estimate of drug-likeness (QED) is 0.770. The van der Waals surface area contributed by atoms with Gasteiger partial charge in [0.2, 0.25) is 11.8 Å². The molecule has 102 valence electrons. The SMILES string of the molecule is CC1NC(=O)CCN(CCN2CCSCC2)C1=O. The minimum atomic E-state index is -0.378. The molecule has 2 aliphatic rings. The van der Waals surface area contributed by atoms with E-state index in [-0.39, 0.29) is 17.9 Å². The summed E-state index contributed by atoms with van der Waals surface area (Å²) in [5.74, 6) is 2.40. The molecule has 2 saturated heterocycles. The van der Waals surface area contributed by atoms with Crippen LogP contribution in [0, 0.1) is 0 Å². The largest absolute Gasteiger partial charge is 0.345 e. The van der Waals surface area contributed by atoms with Gasteiger partial charge in [-0.05, 0) is 6.92 Å². The summed E-state index contributed by atoms with van der Waals surface area (Å²) in [4.78, 5) is 27.7. The van der Waals surface area contributed by atoms with Gasteiger partial charge in [-0.25, -0.2) is 0 Å². The molecule has 6 heteroatoms. The third-order valence-corrected chi connectivity index (χ3v) is 4.40. The number of nitrogens with one attached hydrogen (secondary N) is 1. The van der Waals surface area contributed by atoms with Gasteiger partial charge in [0.05, 0.1) is 0 Å². The molecular formula is C12H21N3O2S. The molecule has 0 aromatic heterocycles. The van der Waals surface area contributed by atoms with Crippen molar-refractivity contribution >= 4 is 23.6 Å². The van der Waals surface area contributed by atoms with Crippen LogP contribution >= 0.6 is 11.8 Å². The zero-order valence-electron chi connectivity index (χ0n) is 10.9. The van der Waals surface area contributed by atoms with Crippen LogP contribution in [-0.4, -0.2) is 71.9 Å². The molecule has 5 nitrogen and oxygen atoms in total. The summed E-state index contributed by atoms with van der Waals surface area (Å²) in [5, 5.41) is 2.71. The minimum Gasteiger partial charge on any atom is -0.345 e. The van der Waals surface area contributed by atoms with E-state index in [1.165, 1.54) is 11.5 Å². The van der Waals surface area contributed by atoms with Crippen molar-refractivity contribution in [2.45, 2.75) is 19.4 Å². The molecule has 1 N–H and O–H groups in total. The van der Waals surface area contributed by atoms with Crippen molar-refractivity contribution in [2.75, 3.05) is 44.2 Å². The highest BCUT2D eigenvalue weighted by atomic mass is 32.2. The first-order valence-corrected chi connectivity index (χ1v) is 7.70. The Morgan fingerprint density at radius 3 is 2.67 bits per heavy atom. The van der Waals surface area contributed by atoms with Gasteiger partial charge in [-0.3, -0.25) is 14.5 Å². The number of amides is 2. The summed E-state index contributed by atoms with van der Waals surface area (Å²) >= 11 is 1.99. The van der Waals surface area contributed by atoms with Crippen LogP contribution in [0.25, 0.3) is 0 Å². The van der Waals surface area contributed by atoms with Crippen LogP contribution in [0.5, 0.6) is 0 Å². The van der Waals surface area contributed by atoms with Crippen molar-refractivity contribution in [3.05, 3.63) is 0 Å². The number of thioether (sulfide) groups is 1. The monoisotopic (exact) mass is 271 g/mol. The summed E-state index contributed by atoms with van der Waals surface area (Å²) in [7, 11) is 0. The lowest BCUT2D eigenvalue weighted by Gasteiger charge is -2.29. The van der Waals surface area contributed by atoms with Gasteiger partial charge in [-0.1, -0.05) is 0 Å². The molecule has 2 fully saturated rings. The molecule has 0 bridgehead atoms. The molecule has 18 heavy (non-hydrogen) atoms. The summed E-state index contributed by atoms with van der Waals surface area (Å²) < 4.78 is 0. The highest BCUT2D eigenvalue weighted by molar-refractivity contribution is 7.99. The van der Waals surface area contributed by atoms with Crippen molar-refractivity contribution in [3.63, 3.8) is 0 Å². The molecule has 0 radical (unpaired) electrons. The second-order valence-electron chi connectivity index (χ2n) is 4.82. The van der Waals surface area contributed by atoms with E-state index in [1.54, 1.807) is 6.92 Å². The third kappa shape index (κ3) is 3.62. The maximum absolute atomic E-state index is 12.1. The van der Waals surface area contributed by atoms with Gasteiger partial charge >= 0.3 is 0 Å². The van der Waals surface area contributed by atoms with E-state index in [0.717, 1.165) is 26.2 Å². The zero-order valence-corrected chi connectivity index (χ0v) is 11.7. The molecule has 2 amide bonds. The van der Waals surface area contributed by atoms with Crippen LogP contribution in [0.3, 0.4) is 0 Å². The number of carbonyl (C=O) groups excluding carboxylic acids is 2. The maximum Gasteiger partial charge on any atom is 0.244 e. The van der Waals surface area contributed by atoms with E-state index >= 15 is 0 Å². The average molecular weight is 271 g/mol. The predicted molar refractivity (Wildman–Crippen MR) is 72.6 cm³/mol. The molecule has 0 saturated carbocycles. The maximum atomic E-state index is 12.1. The fraction of sp³-hybridized carbons (Fsp3) is 0.833. The highest BCUT2D eigenvalue weighted by Crippen LogP contribution is 2.09. The normalized spacial score (nSPS) is 26.9. The minimum absolute atomic E-state index is 0.0206. The smallest absolute Gasteiger partial charge is 0.244 e. The molecule has 2 heterocycles. The van der Waals surface area contributed by atoms with Crippen molar-refractivity contribution in [1.29, 1.82) is 0 Å². The Morgan fingerprint density at radius 1 is 1.22 bits per heavy atom. The molecule has 0 aromatic rings. The van der Waals surface area contributed by atoms with Gasteiger partial charge in [0.15, 0.2) is 0 Å². The van der Waals surface area contributed by atoms with Crippen LogP contribution < -0.4 is 5.32 Å². The topological polar surface area (TPSA) is 52.7 Å². The van der Waals surface area contributed by atoms with Gasteiger partial charge in [-0.15, -0.1) is 0 Å². The number of hydrogen-bond acceptors (Lipinski definition) is 4. The van der Waals surface area contributed by atoms with Crippen LogP contribution in [0.4, 0.5) is 0 Å². The summed E-state index contributed by atoms with van der Waals surface area (Å²) in [5.41, 5.74) is 0. The van der Waals surface area contributed by atoms with Crippen LogP contribution in [0.15, 0.2) is 0 Å². The molecular weight excluding hydrogens is 250 g/mol. The van der Waals surface area contributed by atoms with Crippen LogP contribution in [0.2, 0.25) is 0 Å². The molecule has 2 rings (SSSR count). The number of rotatable bonds is 3. The second kappa shape index (κ2) is 6.43. The van der Waals surface area contributed by atoms with E-state index in [0.29, 0.717) is 13.0 Å². The Hall–Kier alpha value is -0.750. The average Bonchev–Trinajstić information content (AvgIpc) is 2.50. The fourth-order valence-corrected chi connectivity index (χ4v) is 3.28. The molecule has 2 aliphatic heterocycles. The lowest BCUT2D eigenvalue weighted by molar-refractivity contribution is -0.133. The van der Waals surface area contributed by atoms with Crippen molar-refractivity contribution < 1.29 is 9.59 Å². The Labute approximate surface area is 112 Å². The molecule has 0 spiro atoms. The third-order valence-electron chi connectivity index (χ3n) is 3.46. The number of hydrogen-bond donors (Lipinski definition) is 1. The molecule has 0 aromatic carbocycles. The van der Waals surface area contributed by atoms with Crippen LogP contribution in [-0.2, 0) is 9.59 Å². The van der Waals surface area contributed by atoms with E-state index in [9.17, 15) is 9.59 Å². The van der Waals surface area contributed by atoms with E-state index in [4.69, 9.17) is 0 Å². The van der Waals surface area contributed by atoms with Crippen molar-refractivity contribution in [1.82, 2.24) is 15.1 Å². The lowest BCUT2D eigenvalue weighted by atomic mass is 10.3. The van der Waals surface area contributed by atoms with E-state index in [1.807, 2.05) is 16.7 Å². The Balaban J connectivity index is 1.83.